The first-order valence-electron chi connectivity index (χ1n) is 5.85. The molecule has 0 bridgehead atoms. The van der Waals surface area contributed by atoms with Crippen molar-refractivity contribution in [1.29, 1.82) is 0 Å². The normalized spacial score (nSPS) is 21.0. The van der Waals surface area contributed by atoms with Gasteiger partial charge in [-0.25, -0.2) is 0 Å². The first-order chi connectivity index (χ1) is 7.20. The number of ether oxygens (including phenoxy) is 1. The maximum Gasteiger partial charge on any atom is 0.0771 e. The van der Waals surface area contributed by atoms with E-state index in [0.717, 1.165) is 32.1 Å². The van der Waals surface area contributed by atoms with E-state index in [0.29, 0.717) is 25.7 Å². The monoisotopic (exact) mass is 216 g/mol. The van der Waals surface area contributed by atoms with Crippen LogP contribution in [0.25, 0.3) is 0 Å². The molecule has 0 aromatic carbocycles. The SMILES string of the molecule is COCC(CCCN)NCC1(O)CCC1. The Kier molecular flexibility index (Phi) is 5.53. The van der Waals surface area contributed by atoms with Crippen molar-refractivity contribution in [2.75, 3.05) is 26.8 Å². The molecule has 4 nitrogen and oxygen atoms in total. The lowest BCUT2D eigenvalue weighted by atomic mass is 9.80. The second-order valence-electron chi connectivity index (χ2n) is 4.54. The van der Waals surface area contributed by atoms with Crippen molar-refractivity contribution in [3.63, 3.8) is 0 Å². The Bertz CT molecular complexity index is 172. The van der Waals surface area contributed by atoms with Gasteiger partial charge in [0.05, 0.1) is 12.2 Å². The summed E-state index contributed by atoms with van der Waals surface area (Å²) in [4.78, 5) is 0. The molecule has 1 saturated carbocycles. The lowest BCUT2D eigenvalue weighted by molar-refractivity contribution is -0.0350. The molecule has 0 spiro atoms. The number of rotatable bonds is 8. The van der Waals surface area contributed by atoms with Crippen molar-refractivity contribution in [3.05, 3.63) is 0 Å². The highest BCUT2D eigenvalue weighted by molar-refractivity contribution is 4.90. The third-order valence-electron chi connectivity index (χ3n) is 3.13. The molecule has 1 atom stereocenters. The molecule has 15 heavy (non-hydrogen) atoms. The summed E-state index contributed by atoms with van der Waals surface area (Å²) in [6.45, 7) is 2.09. The number of nitrogens with one attached hydrogen (secondary N) is 1. The smallest absolute Gasteiger partial charge is 0.0771 e. The molecular weight excluding hydrogens is 192 g/mol. The molecule has 0 aromatic rings. The largest absolute Gasteiger partial charge is 0.389 e. The molecule has 1 aliphatic carbocycles. The first kappa shape index (κ1) is 12.9. The Hall–Kier alpha value is -0.160. The van der Waals surface area contributed by atoms with E-state index in [9.17, 15) is 5.11 Å². The molecule has 0 amide bonds. The van der Waals surface area contributed by atoms with Gasteiger partial charge in [-0.15, -0.1) is 0 Å². The third kappa shape index (κ3) is 4.47. The van der Waals surface area contributed by atoms with Crippen molar-refractivity contribution < 1.29 is 9.84 Å². The zero-order chi connectivity index (χ0) is 11.1. The van der Waals surface area contributed by atoms with Crippen LogP contribution >= 0.6 is 0 Å². The molecule has 0 aliphatic heterocycles. The van der Waals surface area contributed by atoms with Gasteiger partial charge in [0.2, 0.25) is 0 Å². The molecule has 0 saturated heterocycles. The van der Waals surface area contributed by atoms with Crippen LogP contribution in [0, 0.1) is 0 Å². The Morgan fingerprint density at radius 1 is 1.53 bits per heavy atom. The highest BCUT2D eigenvalue weighted by atomic mass is 16.5. The highest BCUT2D eigenvalue weighted by Crippen LogP contribution is 2.30. The predicted octanol–water partition coefficient (Wildman–Crippen LogP) is 0.245. The van der Waals surface area contributed by atoms with Gasteiger partial charge in [0.1, 0.15) is 0 Å². The molecule has 90 valence electrons. The molecule has 1 fully saturated rings. The molecule has 4 N–H and O–H groups in total. The van der Waals surface area contributed by atoms with Crippen molar-refractivity contribution in [2.45, 2.75) is 43.7 Å². The third-order valence-corrected chi connectivity index (χ3v) is 3.13. The van der Waals surface area contributed by atoms with E-state index in [1.54, 1.807) is 7.11 Å². The summed E-state index contributed by atoms with van der Waals surface area (Å²) in [6.07, 6.45) is 5.02. The lowest BCUT2D eigenvalue weighted by Gasteiger charge is -2.38. The van der Waals surface area contributed by atoms with Crippen molar-refractivity contribution in [2.24, 2.45) is 5.73 Å². The molecule has 0 aromatic heterocycles. The van der Waals surface area contributed by atoms with E-state index in [1.807, 2.05) is 0 Å². The molecule has 1 aliphatic rings. The van der Waals surface area contributed by atoms with Crippen LogP contribution in [-0.2, 0) is 4.74 Å². The predicted molar refractivity (Wildman–Crippen MR) is 60.8 cm³/mol. The minimum Gasteiger partial charge on any atom is -0.389 e. The van der Waals surface area contributed by atoms with Gasteiger partial charge in [-0.2, -0.15) is 0 Å². The quantitative estimate of drug-likeness (QED) is 0.544. The van der Waals surface area contributed by atoms with Crippen LogP contribution in [0.15, 0.2) is 0 Å². The Morgan fingerprint density at radius 3 is 2.73 bits per heavy atom. The summed E-state index contributed by atoms with van der Waals surface area (Å²) in [6, 6.07) is 0.322. The first-order valence-corrected chi connectivity index (χ1v) is 5.85. The van der Waals surface area contributed by atoms with Crippen LogP contribution in [0.2, 0.25) is 0 Å². The van der Waals surface area contributed by atoms with Gasteiger partial charge in [0.15, 0.2) is 0 Å². The van der Waals surface area contributed by atoms with Crippen LogP contribution in [0.5, 0.6) is 0 Å². The van der Waals surface area contributed by atoms with Crippen LogP contribution in [0.3, 0.4) is 0 Å². The summed E-state index contributed by atoms with van der Waals surface area (Å²) in [7, 11) is 1.70. The van der Waals surface area contributed by atoms with E-state index in [-0.39, 0.29) is 0 Å². The fourth-order valence-corrected chi connectivity index (χ4v) is 1.91. The van der Waals surface area contributed by atoms with Gasteiger partial charge >= 0.3 is 0 Å². The summed E-state index contributed by atoms with van der Waals surface area (Å²) in [5.41, 5.74) is 5.02. The van der Waals surface area contributed by atoms with E-state index in [4.69, 9.17) is 10.5 Å². The van der Waals surface area contributed by atoms with E-state index < -0.39 is 5.60 Å². The molecule has 4 heteroatoms. The maximum atomic E-state index is 9.92. The number of aliphatic hydroxyl groups is 1. The van der Waals surface area contributed by atoms with Crippen LogP contribution < -0.4 is 11.1 Å². The van der Waals surface area contributed by atoms with E-state index in [2.05, 4.69) is 5.32 Å². The van der Waals surface area contributed by atoms with Crippen molar-refractivity contribution in [1.82, 2.24) is 5.32 Å². The van der Waals surface area contributed by atoms with Gasteiger partial charge in [-0.1, -0.05) is 0 Å². The number of hydrogen-bond donors (Lipinski definition) is 3. The van der Waals surface area contributed by atoms with Crippen LogP contribution in [0.4, 0.5) is 0 Å². The van der Waals surface area contributed by atoms with Crippen LogP contribution in [0.1, 0.15) is 32.1 Å². The summed E-state index contributed by atoms with van der Waals surface area (Å²) >= 11 is 0. The fraction of sp³-hybridized carbons (Fsp3) is 1.00. The molecule has 0 radical (unpaired) electrons. The zero-order valence-corrected chi connectivity index (χ0v) is 9.67. The standard InChI is InChI=1S/C11H24N2O2/c1-15-8-10(4-2-7-12)13-9-11(14)5-3-6-11/h10,13-14H,2-9,12H2,1H3. The van der Waals surface area contributed by atoms with Gasteiger partial charge in [-0.05, 0) is 38.6 Å². The number of methoxy groups -OCH3 is 1. The van der Waals surface area contributed by atoms with E-state index >= 15 is 0 Å². The van der Waals surface area contributed by atoms with Gasteiger partial charge < -0.3 is 20.9 Å². The fourth-order valence-electron chi connectivity index (χ4n) is 1.91. The van der Waals surface area contributed by atoms with Gasteiger partial charge in [-0.3, -0.25) is 0 Å². The van der Waals surface area contributed by atoms with E-state index in [1.165, 1.54) is 0 Å². The molecular formula is C11H24N2O2. The van der Waals surface area contributed by atoms with Gasteiger partial charge in [0, 0.05) is 19.7 Å². The Labute approximate surface area is 92.2 Å². The number of nitrogens with two attached hydrogens (primary N) is 1. The molecule has 1 rings (SSSR count). The molecule has 1 unspecified atom stereocenters. The minimum atomic E-state index is -0.450. The van der Waals surface area contributed by atoms with Crippen molar-refractivity contribution in [3.8, 4) is 0 Å². The average molecular weight is 216 g/mol. The second-order valence-corrected chi connectivity index (χ2v) is 4.54. The Morgan fingerprint density at radius 2 is 2.27 bits per heavy atom. The van der Waals surface area contributed by atoms with Crippen LogP contribution in [-0.4, -0.2) is 43.6 Å². The summed E-state index contributed by atoms with van der Waals surface area (Å²) < 4.78 is 5.13. The van der Waals surface area contributed by atoms with Crippen molar-refractivity contribution >= 4 is 0 Å². The Balaban J connectivity index is 2.17. The topological polar surface area (TPSA) is 67.5 Å². The summed E-state index contributed by atoms with van der Waals surface area (Å²) in [5.74, 6) is 0. The molecule has 0 heterocycles. The zero-order valence-electron chi connectivity index (χ0n) is 9.67. The average Bonchev–Trinajstić information content (AvgIpc) is 2.19. The minimum absolute atomic E-state index is 0.322. The number of hydrogen-bond acceptors (Lipinski definition) is 4. The summed E-state index contributed by atoms with van der Waals surface area (Å²) in [5, 5.41) is 13.3. The highest BCUT2D eigenvalue weighted by Gasteiger charge is 2.34. The second kappa shape index (κ2) is 6.43. The van der Waals surface area contributed by atoms with Gasteiger partial charge in [0.25, 0.3) is 0 Å². The maximum absolute atomic E-state index is 9.92. The lowest BCUT2D eigenvalue weighted by Crippen LogP contribution is -2.49.